The maximum atomic E-state index is 6.58. The third kappa shape index (κ3) is 3.83. The van der Waals surface area contributed by atoms with Crippen molar-refractivity contribution in [3.05, 3.63) is 161 Å². The smallest absolute Gasteiger partial charge is 0.159 e. The van der Waals surface area contributed by atoms with Crippen LogP contribution in [0, 0.1) is 6.92 Å². The molecule has 0 amide bonds. The van der Waals surface area contributed by atoms with Crippen molar-refractivity contribution in [1.29, 1.82) is 0 Å². The van der Waals surface area contributed by atoms with Gasteiger partial charge >= 0.3 is 0 Å². The van der Waals surface area contributed by atoms with E-state index in [2.05, 4.69) is 167 Å². The molecule has 0 unspecified atom stereocenters. The van der Waals surface area contributed by atoms with E-state index in [-0.39, 0.29) is 10.8 Å². The van der Waals surface area contributed by atoms with Crippen molar-refractivity contribution in [3.8, 4) is 22.3 Å². The van der Waals surface area contributed by atoms with Crippen LogP contribution in [-0.4, -0.2) is 0 Å². The molecule has 0 radical (unpaired) electrons. The molecule has 0 bridgehead atoms. The Morgan fingerprint density at radius 2 is 1.20 bits per heavy atom. The highest BCUT2D eigenvalue weighted by Crippen LogP contribution is 2.57. The molecule has 0 spiro atoms. The number of nitrogens with zero attached hydrogens (tertiary/aromatic N) is 1. The SMILES string of the molecule is Cc1cccc(N(c2ccc3c4c(ccc3c2)-c2cc3c(cc2C4(C)C)-c2ccccc2C3(C)C)c2cccc3c2oc2ccccc23)c1. The molecule has 49 heavy (non-hydrogen) atoms. The van der Waals surface area contributed by atoms with E-state index in [1.165, 1.54) is 60.8 Å². The molecule has 8 aromatic rings. The third-order valence-corrected chi connectivity index (χ3v) is 11.5. The lowest BCUT2D eigenvalue weighted by atomic mass is 9.78. The predicted octanol–water partition coefficient (Wildman–Crippen LogP) is 13.1. The van der Waals surface area contributed by atoms with Gasteiger partial charge in [0, 0.05) is 33.0 Å². The van der Waals surface area contributed by atoms with Crippen LogP contribution >= 0.6 is 0 Å². The summed E-state index contributed by atoms with van der Waals surface area (Å²) in [4.78, 5) is 2.36. The zero-order chi connectivity index (χ0) is 33.2. The summed E-state index contributed by atoms with van der Waals surface area (Å²) < 4.78 is 6.58. The van der Waals surface area contributed by atoms with Crippen LogP contribution in [0.2, 0.25) is 0 Å². The third-order valence-electron chi connectivity index (χ3n) is 11.5. The highest BCUT2D eigenvalue weighted by atomic mass is 16.3. The second-order valence-electron chi connectivity index (χ2n) is 15.1. The van der Waals surface area contributed by atoms with Gasteiger partial charge in [0.05, 0.1) is 5.69 Å². The fraction of sp³-hybridized carbons (Fsp3) is 0.149. The number of furan rings is 1. The predicted molar refractivity (Wildman–Crippen MR) is 206 cm³/mol. The highest BCUT2D eigenvalue weighted by Gasteiger charge is 2.42. The van der Waals surface area contributed by atoms with Crippen molar-refractivity contribution < 1.29 is 4.42 Å². The van der Waals surface area contributed by atoms with Crippen molar-refractivity contribution in [1.82, 2.24) is 0 Å². The van der Waals surface area contributed by atoms with Crippen LogP contribution in [0.4, 0.5) is 17.1 Å². The van der Waals surface area contributed by atoms with Gasteiger partial charge in [-0.3, -0.25) is 0 Å². The molecule has 2 aliphatic rings. The van der Waals surface area contributed by atoms with E-state index in [1.807, 2.05) is 6.07 Å². The van der Waals surface area contributed by atoms with Gasteiger partial charge in [-0.2, -0.15) is 0 Å². The van der Waals surface area contributed by atoms with Gasteiger partial charge in [0.1, 0.15) is 5.58 Å². The molecule has 0 saturated heterocycles. The molecule has 2 heteroatoms. The Kier molecular flexibility index (Phi) is 5.65. The monoisotopic (exact) mass is 631 g/mol. The summed E-state index contributed by atoms with van der Waals surface area (Å²) in [6.45, 7) is 11.7. The van der Waals surface area contributed by atoms with Crippen LogP contribution in [-0.2, 0) is 10.8 Å². The van der Waals surface area contributed by atoms with E-state index in [4.69, 9.17) is 4.42 Å². The van der Waals surface area contributed by atoms with Crippen LogP contribution in [0.5, 0.6) is 0 Å². The van der Waals surface area contributed by atoms with Gasteiger partial charge in [-0.05, 0) is 116 Å². The lowest BCUT2D eigenvalue weighted by molar-refractivity contribution is 0.654. The zero-order valence-electron chi connectivity index (χ0n) is 28.6. The first-order valence-electron chi connectivity index (χ1n) is 17.4. The maximum absolute atomic E-state index is 6.58. The van der Waals surface area contributed by atoms with Crippen LogP contribution in [0.25, 0.3) is 55.0 Å². The van der Waals surface area contributed by atoms with Gasteiger partial charge in [0.2, 0.25) is 0 Å². The molecule has 0 N–H and O–H groups in total. The van der Waals surface area contributed by atoms with Crippen molar-refractivity contribution in [2.24, 2.45) is 0 Å². The summed E-state index contributed by atoms with van der Waals surface area (Å²) in [7, 11) is 0. The van der Waals surface area contributed by atoms with Crippen molar-refractivity contribution in [3.63, 3.8) is 0 Å². The quantitative estimate of drug-likeness (QED) is 0.193. The topological polar surface area (TPSA) is 16.4 Å². The first-order valence-corrected chi connectivity index (χ1v) is 17.4. The lowest BCUT2D eigenvalue weighted by Gasteiger charge is -2.27. The van der Waals surface area contributed by atoms with E-state index in [1.54, 1.807) is 0 Å². The molecular weight excluding hydrogens is 595 g/mol. The largest absolute Gasteiger partial charge is 0.454 e. The molecule has 0 aliphatic heterocycles. The Bertz CT molecular complexity index is 2690. The summed E-state index contributed by atoms with van der Waals surface area (Å²) in [5.74, 6) is 0. The summed E-state index contributed by atoms with van der Waals surface area (Å²) in [6.07, 6.45) is 0. The number of rotatable bonds is 3. The van der Waals surface area contributed by atoms with Gasteiger partial charge in [-0.1, -0.05) is 113 Å². The van der Waals surface area contributed by atoms with Crippen LogP contribution in [0.1, 0.15) is 55.5 Å². The molecule has 1 heterocycles. The molecule has 2 nitrogen and oxygen atoms in total. The van der Waals surface area contributed by atoms with Gasteiger partial charge in [0.15, 0.2) is 5.58 Å². The molecule has 1 aromatic heterocycles. The standard InChI is InChI=1S/C47H37NO/c1-28-12-10-13-30(24-28)48(42-18-11-16-36-34-15-7-9-19-43(34)49-45(36)42)31-21-23-32-29(25-31)20-22-35-38-27-40-37(26-41(38)47(4,5)44(32)35)33-14-6-8-17-39(33)46(40,2)3/h6-27H,1-5H3. The van der Waals surface area contributed by atoms with E-state index >= 15 is 0 Å². The molecule has 0 atom stereocenters. The van der Waals surface area contributed by atoms with E-state index in [0.717, 1.165) is 39.0 Å². The van der Waals surface area contributed by atoms with Crippen LogP contribution in [0.3, 0.4) is 0 Å². The first-order chi connectivity index (χ1) is 23.7. The van der Waals surface area contributed by atoms with Crippen LogP contribution in [0.15, 0.2) is 138 Å². The summed E-state index contributed by atoms with van der Waals surface area (Å²) in [5, 5.41) is 4.82. The van der Waals surface area contributed by atoms with Crippen molar-refractivity contribution in [2.75, 3.05) is 4.90 Å². The number of benzene rings is 7. The van der Waals surface area contributed by atoms with E-state index in [9.17, 15) is 0 Å². The van der Waals surface area contributed by atoms with Gasteiger partial charge < -0.3 is 9.32 Å². The average Bonchev–Trinajstić information content (AvgIpc) is 3.68. The van der Waals surface area contributed by atoms with Crippen molar-refractivity contribution >= 4 is 49.8 Å². The number of para-hydroxylation sites is 2. The summed E-state index contributed by atoms with van der Waals surface area (Å²) in [6, 6.07) is 49.2. The van der Waals surface area contributed by atoms with Gasteiger partial charge in [0.25, 0.3) is 0 Å². The molecule has 2 aliphatic carbocycles. The minimum Gasteiger partial charge on any atom is -0.454 e. The van der Waals surface area contributed by atoms with Crippen LogP contribution < -0.4 is 4.90 Å². The lowest BCUT2D eigenvalue weighted by Crippen LogP contribution is -2.17. The first kappa shape index (κ1) is 28.4. The zero-order valence-corrected chi connectivity index (χ0v) is 28.6. The Balaban J connectivity index is 1.16. The Morgan fingerprint density at radius 1 is 0.490 bits per heavy atom. The Labute approximate surface area is 287 Å². The Morgan fingerprint density at radius 3 is 2.06 bits per heavy atom. The number of aryl methyl sites for hydroxylation is 1. The fourth-order valence-electron chi connectivity index (χ4n) is 9.08. The summed E-state index contributed by atoms with van der Waals surface area (Å²) in [5.41, 5.74) is 17.3. The number of hydrogen-bond acceptors (Lipinski definition) is 2. The van der Waals surface area contributed by atoms with E-state index in [0.29, 0.717) is 0 Å². The highest BCUT2D eigenvalue weighted by molar-refractivity contribution is 6.10. The number of hydrogen-bond donors (Lipinski definition) is 0. The molecule has 236 valence electrons. The molecular formula is C47H37NO. The number of fused-ring (bicyclic) bond motifs is 11. The fourth-order valence-corrected chi connectivity index (χ4v) is 9.08. The van der Waals surface area contributed by atoms with E-state index < -0.39 is 0 Å². The van der Waals surface area contributed by atoms with Gasteiger partial charge in [-0.15, -0.1) is 0 Å². The average molecular weight is 632 g/mol. The van der Waals surface area contributed by atoms with Crippen molar-refractivity contribution in [2.45, 2.75) is 45.4 Å². The summed E-state index contributed by atoms with van der Waals surface area (Å²) >= 11 is 0. The Hall–Kier alpha value is -5.60. The minimum atomic E-state index is -0.140. The second-order valence-corrected chi connectivity index (χ2v) is 15.1. The minimum absolute atomic E-state index is 0.0262. The second kappa shape index (κ2) is 9.74. The molecule has 10 rings (SSSR count). The maximum Gasteiger partial charge on any atom is 0.159 e. The van der Waals surface area contributed by atoms with Gasteiger partial charge in [-0.25, -0.2) is 0 Å². The molecule has 7 aromatic carbocycles. The molecule has 0 fully saturated rings. The number of anilines is 3. The normalized spacial score (nSPS) is 15.0. The molecule has 0 saturated carbocycles.